The minimum absolute atomic E-state index is 0.0876. The number of rotatable bonds is 2. The Morgan fingerprint density at radius 2 is 2.16 bits per heavy atom. The molecule has 2 aromatic rings. The molecule has 0 atom stereocenters. The average Bonchev–Trinajstić information content (AvgIpc) is 2.77. The third-order valence-corrected chi connectivity index (χ3v) is 3.22. The molecule has 0 spiro atoms. The maximum absolute atomic E-state index is 13.4. The zero-order valence-electron chi connectivity index (χ0n) is 10.9. The third kappa shape index (κ3) is 3.14. The van der Waals surface area contributed by atoms with Crippen molar-refractivity contribution < 1.29 is 9.18 Å². The molecule has 0 aliphatic heterocycles. The van der Waals surface area contributed by atoms with E-state index < -0.39 is 11.7 Å². The molecule has 4 nitrogen and oxygen atoms in total. The van der Waals surface area contributed by atoms with Crippen LogP contribution in [0.4, 0.5) is 9.52 Å². The van der Waals surface area contributed by atoms with Crippen molar-refractivity contribution >= 4 is 22.4 Å². The van der Waals surface area contributed by atoms with E-state index >= 15 is 0 Å². The van der Waals surface area contributed by atoms with Crippen LogP contribution in [0.25, 0.3) is 0 Å². The minimum Gasteiger partial charge on any atom is -0.296 e. The van der Waals surface area contributed by atoms with E-state index in [2.05, 4.69) is 15.3 Å². The quantitative estimate of drug-likeness (QED) is 0.918. The van der Waals surface area contributed by atoms with Crippen LogP contribution in [0.15, 0.2) is 23.7 Å². The molecule has 0 radical (unpaired) electrons. The van der Waals surface area contributed by atoms with E-state index in [1.807, 2.05) is 26.2 Å². The number of thiazole rings is 1. The molecule has 0 aliphatic rings. The molecule has 2 aromatic heterocycles. The van der Waals surface area contributed by atoms with Crippen LogP contribution in [-0.4, -0.2) is 15.9 Å². The van der Waals surface area contributed by atoms with E-state index in [1.165, 1.54) is 29.7 Å². The van der Waals surface area contributed by atoms with Crippen molar-refractivity contribution in [1.82, 2.24) is 9.97 Å². The van der Waals surface area contributed by atoms with E-state index in [9.17, 15) is 9.18 Å². The molecule has 0 saturated carbocycles. The lowest BCUT2D eigenvalue weighted by Crippen LogP contribution is -2.16. The summed E-state index contributed by atoms with van der Waals surface area (Å²) in [5.41, 5.74) is 0.569. The van der Waals surface area contributed by atoms with E-state index in [-0.39, 0.29) is 11.1 Å². The van der Waals surface area contributed by atoms with E-state index in [1.54, 1.807) is 0 Å². The van der Waals surface area contributed by atoms with E-state index in [0.717, 1.165) is 5.69 Å². The van der Waals surface area contributed by atoms with Gasteiger partial charge < -0.3 is 0 Å². The van der Waals surface area contributed by atoms with Gasteiger partial charge in [-0.05, 0) is 12.1 Å². The van der Waals surface area contributed by atoms with Crippen LogP contribution >= 0.6 is 11.3 Å². The fraction of sp³-hybridized carbons (Fsp3) is 0.308. The predicted octanol–water partition coefficient (Wildman–Crippen LogP) is 3.23. The van der Waals surface area contributed by atoms with Gasteiger partial charge in [0.15, 0.2) is 16.6 Å². The summed E-state index contributed by atoms with van der Waals surface area (Å²) in [5, 5.41) is 4.88. The Bertz CT molecular complexity index is 604. The number of carbonyl (C=O) groups is 1. The van der Waals surface area contributed by atoms with Gasteiger partial charge in [0.2, 0.25) is 0 Å². The topological polar surface area (TPSA) is 54.9 Å². The molecule has 2 rings (SSSR count). The second kappa shape index (κ2) is 5.05. The molecule has 1 N–H and O–H groups in total. The summed E-state index contributed by atoms with van der Waals surface area (Å²) < 4.78 is 13.4. The summed E-state index contributed by atoms with van der Waals surface area (Å²) in [5.74, 6) is -1.24. The van der Waals surface area contributed by atoms with Gasteiger partial charge in [-0.1, -0.05) is 20.8 Å². The van der Waals surface area contributed by atoms with Gasteiger partial charge in [-0.2, -0.15) is 0 Å². The van der Waals surface area contributed by atoms with Crippen molar-refractivity contribution in [1.29, 1.82) is 0 Å². The summed E-state index contributed by atoms with van der Waals surface area (Å²) in [6, 6.07) is 2.64. The van der Waals surface area contributed by atoms with Crippen LogP contribution in [0.3, 0.4) is 0 Å². The molecule has 19 heavy (non-hydrogen) atoms. The zero-order chi connectivity index (χ0) is 14.0. The van der Waals surface area contributed by atoms with Gasteiger partial charge in [0.05, 0.1) is 5.69 Å². The SMILES string of the molecule is CC(C)(C)c1csc(NC(=O)c2ncccc2F)n1. The van der Waals surface area contributed by atoms with Crippen LogP contribution in [0.5, 0.6) is 0 Å². The number of carbonyl (C=O) groups excluding carboxylic acids is 1. The molecule has 0 aliphatic carbocycles. The first-order chi connectivity index (χ1) is 8.88. The molecule has 6 heteroatoms. The molecular weight excluding hydrogens is 265 g/mol. The van der Waals surface area contributed by atoms with Crippen LogP contribution in [0.1, 0.15) is 37.0 Å². The smallest absolute Gasteiger partial charge is 0.279 e. The zero-order valence-corrected chi connectivity index (χ0v) is 11.7. The first-order valence-corrected chi connectivity index (χ1v) is 6.64. The molecule has 100 valence electrons. The van der Waals surface area contributed by atoms with Crippen molar-refractivity contribution in [2.24, 2.45) is 0 Å². The Morgan fingerprint density at radius 3 is 2.74 bits per heavy atom. The Kier molecular flexibility index (Phi) is 3.61. The lowest BCUT2D eigenvalue weighted by atomic mass is 9.93. The van der Waals surface area contributed by atoms with Gasteiger partial charge in [0.1, 0.15) is 0 Å². The fourth-order valence-corrected chi connectivity index (χ4v) is 2.32. The van der Waals surface area contributed by atoms with Crippen LogP contribution in [-0.2, 0) is 5.41 Å². The third-order valence-electron chi connectivity index (χ3n) is 2.47. The van der Waals surface area contributed by atoms with Gasteiger partial charge in [0, 0.05) is 17.0 Å². The highest BCUT2D eigenvalue weighted by Crippen LogP contribution is 2.26. The van der Waals surface area contributed by atoms with Crippen molar-refractivity contribution in [3.63, 3.8) is 0 Å². The molecular formula is C13H14FN3OS. The number of anilines is 1. The highest BCUT2D eigenvalue weighted by atomic mass is 32.1. The molecule has 1 amide bonds. The molecule has 0 bridgehead atoms. The van der Waals surface area contributed by atoms with Crippen molar-refractivity contribution in [2.75, 3.05) is 5.32 Å². The predicted molar refractivity (Wildman–Crippen MR) is 73.0 cm³/mol. The Balaban J connectivity index is 2.16. The summed E-state index contributed by atoms with van der Waals surface area (Å²) in [7, 11) is 0. The van der Waals surface area contributed by atoms with Gasteiger partial charge in [0.25, 0.3) is 5.91 Å². The second-order valence-electron chi connectivity index (χ2n) is 5.08. The fourth-order valence-electron chi connectivity index (χ4n) is 1.38. The largest absolute Gasteiger partial charge is 0.296 e. The van der Waals surface area contributed by atoms with E-state index in [0.29, 0.717) is 5.13 Å². The van der Waals surface area contributed by atoms with Gasteiger partial charge in [-0.3, -0.25) is 10.1 Å². The highest BCUT2D eigenvalue weighted by Gasteiger charge is 2.19. The first-order valence-electron chi connectivity index (χ1n) is 5.76. The second-order valence-corrected chi connectivity index (χ2v) is 5.93. The molecule has 0 fully saturated rings. The lowest BCUT2D eigenvalue weighted by molar-refractivity contribution is 0.101. The highest BCUT2D eigenvalue weighted by molar-refractivity contribution is 7.14. The number of hydrogen-bond donors (Lipinski definition) is 1. The maximum Gasteiger partial charge on any atom is 0.279 e. The van der Waals surface area contributed by atoms with Gasteiger partial charge in [-0.15, -0.1) is 11.3 Å². The Morgan fingerprint density at radius 1 is 1.42 bits per heavy atom. The molecule has 0 aromatic carbocycles. The maximum atomic E-state index is 13.4. The number of pyridine rings is 1. The van der Waals surface area contributed by atoms with Crippen LogP contribution in [0.2, 0.25) is 0 Å². The number of aromatic nitrogens is 2. The monoisotopic (exact) mass is 279 g/mol. The summed E-state index contributed by atoms with van der Waals surface area (Å²) in [6.07, 6.45) is 1.38. The molecule has 0 saturated heterocycles. The first kappa shape index (κ1) is 13.6. The number of amides is 1. The number of nitrogens with one attached hydrogen (secondary N) is 1. The number of halogens is 1. The molecule has 2 heterocycles. The van der Waals surface area contributed by atoms with Crippen LogP contribution in [0, 0.1) is 5.82 Å². The number of hydrogen-bond acceptors (Lipinski definition) is 4. The van der Waals surface area contributed by atoms with Crippen molar-refractivity contribution in [2.45, 2.75) is 26.2 Å². The van der Waals surface area contributed by atoms with Crippen LogP contribution < -0.4 is 5.32 Å². The normalized spacial score (nSPS) is 11.4. The summed E-state index contributed by atoms with van der Waals surface area (Å²) >= 11 is 1.31. The minimum atomic E-state index is -0.646. The van der Waals surface area contributed by atoms with Gasteiger partial charge in [-0.25, -0.2) is 14.4 Å². The average molecular weight is 279 g/mol. The summed E-state index contributed by atoms with van der Waals surface area (Å²) in [4.78, 5) is 19.9. The molecule has 0 unspecified atom stereocenters. The lowest BCUT2D eigenvalue weighted by Gasteiger charge is -2.14. The van der Waals surface area contributed by atoms with Crippen molar-refractivity contribution in [3.05, 3.63) is 40.9 Å². The summed E-state index contributed by atoms with van der Waals surface area (Å²) in [6.45, 7) is 6.10. The Labute approximate surface area is 114 Å². The van der Waals surface area contributed by atoms with E-state index in [4.69, 9.17) is 0 Å². The van der Waals surface area contributed by atoms with Crippen molar-refractivity contribution in [3.8, 4) is 0 Å². The standard InChI is InChI=1S/C13H14FN3OS/c1-13(2,3)9-7-19-12(16-9)17-11(18)10-8(14)5-4-6-15-10/h4-7H,1-3H3,(H,16,17,18). The van der Waals surface area contributed by atoms with Gasteiger partial charge >= 0.3 is 0 Å². The Hall–Kier alpha value is -1.82. The number of nitrogens with zero attached hydrogens (tertiary/aromatic N) is 2.